The van der Waals surface area contributed by atoms with Crippen LogP contribution in [0.15, 0.2) is 18.2 Å². The predicted octanol–water partition coefficient (Wildman–Crippen LogP) is 3.27. The van der Waals surface area contributed by atoms with Crippen LogP contribution in [0.1, 0.15) is 38.2 Å². The van der Waals surface area contributed by atoms with Crippen LogP contribution >= 0.6 is 0 Å². The maximum atomic E-state index is 13.9. The Morgan fingerprint density at radius 2 is 2.35 bits per heavy atom. The van der Waals surface area contributed by atoms with Gasteiger partial charge in [-0.3, -0.25) is 0 Å². The molecule has 0 bridgehead atoms. The van der Waals surface area contributed by atoms with E-state index in [1.165, 1.54) is 0 Å². The number of rotatable bonds is 8. The van der Waals surface area contributed by atoms with Crippen LogP contribution in [0.3, 0.4) is 0 Å². The lowest BCUT2D eigenvalue weighted by atomic mass is 10.2. The van der Waals surface area contributed by atoms with Crippen molar-refractivity contribution in [2.45, 2.75) is 45.3 Å². The van der Waals surface area contributed by atoms with Crippen LogP contribution < -0.4 is 10.1 Å². The van der Waals surface area contributed by atoms with E-state index in [4.69, 9.17) is 9.47 Å². The molecule has 1 aliphatic heterocycles. The van der Waals surface area contributed by atoms with Gasteiger partial charge in [0.1, 0.15) is 0 Å². The Balaban J connectivity index is 1.76. The van der Waals surface area contributed by atoms with Crippen molar-refractivity contribution in [3.05, 3.63) is 29.6 Å². The summed E-state index contributed by atoms with van der Waals surface area (Å²) >= 11 is 0. The van der Waals surface area contributed by atoms with E-state index in [2.05, 4.69) is 12.2 Å². The van der Waals surface area contributed by atoms with Gasteiger partial charge in [-0.25, -0.2) is 4.39 Å². The molecule has 2 rings (SSSR count). The molecule has 20 heavy (non-hydrogen) atoms. The average molecular weight is 281 g/mol. The normalized spacial score (nSPS) is 18.4. The van der Waals surface area contributed by atoms with Crippen LogP contribution in [-0.4, -0.2) is 25.9 Å². The molecule has 0 aliphatic carbocycles. The van der Waals surface area contributed by atoms with Gasteiger partial charge in [0.25, 0.3) is 0 Å². The number of hydrogen-bond acceptors (Lipinski definition) is 3. The van der Waals surface area contributed by atoms with Gasteiger partial charge in [0.05, 0.1) is 12.7 Å². The Bertz CT molecular complexity index is 405. The third kappa shape index (κ3) is 4.76. The van der Waals surface area contributed by atoms with Gasteiger partial charge < -0.3 is 14.8 Å². The highest BCUT2D eigenvalue weighted by Gasteiger charge is 2.15. The van der Waals surface area contributed by atoms with Crippen molar-refractivity contribution in [2.75, 3.05) is 19.8 Å². The zero-order valence-electron chi connectivity index (χ0n) is 12.2. The largest absolute Gasteiger partial charge is 0.490 e. The zero-order valence-corrected chi connectivity index (χ0v) is 12.2. The molecular formula is C16H24FNO2. The molecule has 4 heteroatoms. The molecule has 1 atom stereocenters. The number of hydrogen-bond donors (Lipinski definition) is 1. The molecule has 112 valence electrons. The zero-order chi connectivity index (χ0) is 14.2. The Labute approximate surface area is 120 Å². The van der Waals surface area contributed by atoms with Crippen LogP contribution in [0.25, 0.3) is 0 Å². The second-order valence-corrected chi connectivity index (χ2v) is 5.21. The van der Waals surface area contributed by atoms with Gasteiger partial charge in [-0.2, -0.15) is 0 Å². The lowest BCUT2D eigenvalue weighted by molar-refractivity contribution is 0.0897. The molecule has 0 spiro atoms. The molecule has 0 aromatic heterocycles. The van der Waals surface area contributed by atoms with E-state index in [-0.39, 0.29) is 11.9 Å². The van der Waals surface area contributed by atoms with Crippen molar-refractivity contribution in [3.8, 4) is 5.75 Å². The Morgan fingerprint density at radius 3 is 3.05 bits per heavy atom. The fourth-order valence-electron chi connectivity index (χ4n) is 2.35. The predicted molar refractivity (Wildman–Crippen MR) is 77.5 cm³/mol. The molecule has 1 heterocycles. The molecule has 0 amide bonds. The van der Waals surface area contributed by atoms with Crippen molar-refractivity contribution in [1.29, 1.82) is 0 Å². The lowest BCUT2D eigenvalue weighted by Crippen LogP contribution is -2.14. The van der Waals surface area contributed by atoms with Crippen molar-refractivity contribution >= 4 is 0 Å². The first-order valence-corrected chi connectivity index (χ1v) is 7.53. The van der Waals surface area contributed by atoms with Crippen molar-refractivity contribution in [2.24, 2.45) is 0 Å². The first-order valence-electron chi connectivity index (χ1n) is 7.53. The van der Waals surface area contributed by atoms with E-state index in [9.17, 15) is 4.39 Å². The van der Waals surface area contributed by atoms with E-state index < -0.39 is 0 Å². The number of benzene rings is 1. The van der Waals surface area contributed by atoms with Gasteiger partial charge >= 0.3 is 0 Å². The summed E-state index contributed by atoms with van der Waals surface area (Å²) in [5.41, 5.74) is 0.947. The standard InChI is InChI=1S/C16H24FNO2/c1-2-8-18-12-13-5-6-16(15(17)11-13)20-10-7-14-4-3-9-19-14/h5-6,11,14,18H,2-4,7-10,12H2,1H3. The molecule has 0 radical (unpaired) electrons. The first kappa shape index (κ1) is 15.3. The minimum atomic E-state index is -0.284. The van der Waals surface area contributed by atoms with Gasteiger partial charge in [-0.15, -0.1) is 0 Å². The minimum Gasteiger partial charge on any atom is -0.490 e. The highest BCUT2D eigenvalue weighted by atomic mass is 19.1. The Morgan fingerprint density at radius 1 is 1.45 bits per heavy atom. The monoisotopic (exact) mass is 281 g/mol. The summed E-state index contributed by atoms with van der Waals surface area (Å²) in [6.07, 6.45) is 4.41. The second kappa shape index (κ2) is 8.22. The average Bonchev–Trinajstić information content (AvgIpc) is 2.95. The summed E-state index contributed by atoms with van der Waals surface area (Å²) in [7, 11) is 0. The molecule has 1 saturated heterocycles. The van der Waals surface area contributed by atoms with E-state index in [0.29, 0.717) is 18.9 Å². The highest BCUT2D eigenvalue weighted by molar-refractivity contribution is 5.29. The molecule has 1 aromatic carbocycles. The molecule has 1 fully saturated rings. The SMILES string of the molecule is CCCNCc1ccc(OCCC2CCCO2)c(F)c1. The molecule has 3 nitrogen and oxygen atoms in total. The molecule has 1 unspecified atom stereocenters. The summed E-state index contributed by atoms with van der Waals surface area (Å²) in [6, 6.07) is 5.17. The van der Waals surface area contributed by atoms with Crippen molar-refractivity contribution < 1.29 is 13.9 Å². The van der Waals surface area contributed by atoms with Crippen LogP contribution in [-0.2, 0) is 11.3 Å². The molecule has 1 aliphatic rings. The molecule has 0 saturated carbocycles. The summed E-state index contributed by atoms with van der Waals surface area (Å²) in [5.74, 6) is 0.0513. The summed E-state index contributed by atoms with van der Waals surface area (Å²) < 4.78 is 24.9. The van der Waals surface area contributed by atoms with E-state index in [1.54, 1.807) is 12.1 Å². The van der Waals surface area contributed by atoms with Crippen molar-refractivity contribution in [3.63, 3.8) is 0 Å². The molecule has 1 N–H and O–H groups in total. The van der Waals surface area contributed by atoms with E-state index in [1.807, 2.05) is 6.07 Å². The summed E-state index contributed by atoms with van der Waals surface area (Å²) in [5, 5.41) is 3.25. The van der Waals surface area contributed by atoms with Crippen LogP contribution in [0.2, 0.25) is 0 Å². The smallest absolute Gasteiger partial charge is 0.165 e. The lowest BCUT2D eigenvalue weighted by Gasteiger charge is -2.12. The Hall–Kier alpha value is -1.13. The van der Waals surface area contributed by atoms with E-state index >= 15 is 0 Å². The van der Waals surface area contributed by atoms with Crippen molar-refractivity contribution in [1.82, 2.24) is 5.32 Å². The molecule has 1 aromatic rings. The fraction of sp³-hybridized carbons (Fsp3) is 0.625. The molecular weight excluding hydrogens is 257 g/mol. The van der Waals surface area contributed by atoms with Crippen LogP contribution in [0, 0.1) is 5.82 Å². The topological polar surface area (TPSA) is 30.5 Å². The van der Waals surface area contributed by atoms with Gasteiger partial charge in [0.15, 0.2) is 11.6 Å². The number of ether oxygens (including phenoxy) is 2. The quantitative estimate of drug-likeness (QED) is 0.742. The minimum absolute atomic E-state index is 0.284. The summed E-state index contributed by atoms with van der Waals surface area (Å²) in [4.78, 5) is 0. The third-order valence-electron chi connectivity index (χ3n) is 3.47. The van der Waals surface area contributed by atoms with Crippen LogP contribution in [0.5, 0.6) is 5.75 Å². The van der Waals surface area contributed by atoms with Gasteiger partial charge in [0.2, 0.25) is 0 Å². The number of halogens is 1. The number of nitrogens with one attached hydrogen (secondary N) is 1. The maximum Gasteiger partial charge on any atom is 0.165 e. The first-order chi connectivity index (χ1) is 9.79. The summed E-state index contributed by atoms with van der Waals surface area (Å²) in [6.45, 7) is 5.11. The Kier molecular flexibility index (Phi) is 6.27. The van der Waals surface area contributed by atoms with Crippen LogP contribution in [0.4, 0.5) is 4.39 Å². The fourth-order valence-corrected chi connectivity index (χ4v) is 2.35. The van der Waals surface area contributed by atoms with E-state index in [0.717, 1.165) is 44.4 Å². The second-order valence-electron chi connectivity index (χ2n) is 5.21. The van der Waals surface area contributed by atoms with Gasteiger partial charge in [-0.05, 0) is 43.5 Å². The highest BCUT2D eigenvalue weighted by Crippen LogP contribution is 2.20. The van der Waals surface area contributed by atoms with Gasteiger partial charge in [0, 0.05) is 19.6 Å². The third-order valence-corrected chi connectivity index (χ3v) is 3.47. The maximum absolute atomic E-state index is 13.9. The van der Waals surface area contributed by atoms with Gasteiger partial charge in [-0.1, -0.05) is 13.0 Å².